The molecule has 0 bridgehead atoms. The molecule has 2 aromatic rings. The van der Waals surface area contributed by atoms with E-state index >= 15 is 0 Å². The van der Waals surface area contributed by atoms with E-state index in [1.54, 1.807) is 0 Å². The summed E-state index contributed by atoms with van der Waals surface area (Å²) < 4.78 is 10.9. The van der Waals surface area contributed by atoms with Crippen molar-refractivity contribution in [2.75, 3.05) is 6.61 Å². The van der Waals surface area contributed by atoms with Crippen molar-refractivity contribution in [3.63, 3.8) is 0 Å². The average molecular weight is 280 g/mol. The molecule has 16 heavy (non-hydrogen) atoms. The standard InChI is InChI=1S/C12H10BrNO2/c13-6-10-12(16-7-14-10)9-1-2-11-8(5-9)3-4-15-11/h1-2,5,7H,3-4,6H2. The molecule has 2 heterocycles. The Hall–Kier alpha value is -1.29. The Morgan fingerprint density at radius 3 is 3.19 bits per heavy atom. The number of aromatic nitrogens is 1. The quantitative estimate of drug-likeness (QED) is 0.792. The number of ether oxygens (including phenoxy) is 1. The summed E-state index contributed by atoms with van der Waals surface area (Å²) in [5.41, 5.74) is 3.24. The summed E-state index contributed by atoms with van der Waals surface area (Å²) in [6.07, 6.45) is 2.45. The first-order valence-electron chi connectivity index (χ1n) is 5.13. The Morgan fingerprint density at radius 1 is 1.38 bits per heavy atom. The molecule has 1 aliphatic rings. The van der Waals surface area contributed by atoms with Crippen molar-refractivity contribution >= 4 is 15.9 Å². The van der Waals surface area contributed by atoms with E-state index in [1.165, 1.54) is 12.0 Å². The Kier molecular flexibility index (Phi) is 2.44. The van der Waals surface area contributed by atoms with E-state index in [0.29, 0.717) is 5.33 Å². The minimum absolute atomic E-state index is 0.701. The third-order valence-electron chi connectivity index (χ3n) is 2.72. The van der Waals surface area contributed by atoms with Gasteiger partial charge in [0.1, 0.15) is 5.75 Å². The minimum atomic E-state index is 0.701. The van der Waals surface area contributed by atoms with E-state index in [4.69, 9.17) is 9.15 Å². The van der Waals surface area contributed by atoms with Crippen molar-refractivity contribution in [3.05, 3.63) is 35.9 Å². The molecule has 1 aromatic heterocycles. The van der Waals surface area contributed by atoms with Crippen molar-refractivity contribution in [3.8, 4) is 17.1 Å². The molecule has 0 spiro atoms. The number of hydrogen-bond acceptors (Lipinski definition) is 3. The molecule has 0 N–H and O–H groups in total. The molecule has 0 amide bonds. The topological polar surface area (TPSA) is 35.3 Å². The van der Waals surface area contributed by atoms with E-state index in [1.807, 2.05) is 12.1 Å². The maximum atomic E-state index is 5.47. The Morgan fingerprint density at radius 2 is 2.31 bits per heavy atom. The summed E-state index contributed by atoms with van der Waals surface area (Å²) in [5, 5.41) is 0.701. The largest absolute Gasteiger partial charge is 0.493 e. The lowest BCUT2D eigenvalue weighted by atomic mass is 10.1. The number of halogens is 1. The molecule has 1 aliphatic heterocycles. The van der Waals surface area contributed by atoms with Gasteiger partial charge in [-0.3, -0.25) is 0 Å². The SMILES string of the molecule is BrCc1ncoc1-c1ccc2c(c1)CCO2. The normalized spacial score (nSPS) is 13.6. The van der Waals surface area contributed by atoms with Crippen molar-refractivity contribution in [1.82, 2.24) is 4.98 Å². The summed E-state index contributed by atoms with van der Waals surface area (Å²) in [5.74, 6) is 1.83. The van der Waals surface area contributed by atoms with Gasteiger partial charge in [0.2, 0.25) is 0 Å². The smallest absolute Gasteiger partial charge is 0.181 e. The van der Waals surface area contributed by atoms with Gasteiger partial charge in [0, 0.05) is 17.3 Å². The fraction of sp³-hybridized carbons (Fsp3) is 0.250. The highest BCUT2D eigenvalue weighted by Crippen LogP contribution is 2.32. The summed E-state index contributed by atoms with van der Waals surface area (Å²) in [4.78, 5) is 4.16. The van der Waals surface area contributed by atoms with Crippen molar-refractivity contribution in [1.29, 1.82) is 0 Å². The monoisotopic (exact) mass is 279 g/mol. The van der Waals surface area contributed by atoms with Gasteiger partial charge >= 0.3 is 0 Å². The predicted molar refractivity (Wildman–Crippen MR) is 63.8 cm³/mol. The third kappa shape index (κ3) is 1.53. The molecule has 4 heteroatoms. The summed E-state index contributed by atoms with van der Waals surface area (Å²) in [7, 11) is 0. The Bertz CT molecular complexity index is 521. The van der Waals surface area contributed by atoms with Crippen LogP contribution in [0.3, 0.4) is 0 Å². The number of nitrogens with zero attached hydrogens (tertiary/aromatic N) is 1. The maximum absolute atomic E-state index is 5.47. The molecule has 0 aliphatic carbocycles. The van der Waals surface area contributed by atoms with Gasteiger partial charge in [0.25, 0.3) is 0 Å². The zero-order valence-corrected chi connectivity index (χ0v) is 10.2. The van der Waals surface area contributed by atoms with E-state index in [-0.39, 0.29) is 0 Å². The molecule has 1 aromatic carbocycles. The number of hydrogen-bond donors (Lipinski definition) is 0. The molecule has 3 rings (SSSR count). The lowest BCUT2D eigenvalue weighted by Gasteiger charge is -2.02. The zero-order chi connectivity index (χ0) is 11.0. The highest BCUT2D eigenvalue weighted by molar-refractivity contribution is 9.08. The number of benzene rings is 1. The fourth-order valence-electron chi connectivity index (χ4n) is 1.93. The van der Waals surface area contributed by atoms with Crippen LogP contribution in [-0.4, -0.2) is 11.6 Å². The molecule has 0 saturated heterocycles. The third-order valence-corrected chi connectivity index (χ3v) is 3.25. The van der Waals surface area contributed by atoms with Crippen LogP contribution >= 0.6 is 15.9 Å². The van der Waals surface area contributed by atoms with Gasteiger partial charge in [-0.2, -0.15) is 0 Å². The maximum Gasteiger partial charge on any atom is 0.181 e. The highest BCUT2D eigenvalue weighted by Gasteiger charge is 2.15. The molecular formula is C12H10BrNO2. The minimum Gasteiger partial charge on any atom is -0.493 e. The second-order valence-electron chi connectivity index (χ2n) is 3.68. The van der Waals surface area contributed by atoms with Crippen LogP contribution in [0, 0.1) is 0 Å². The van der Waals surface area contributed by atoms with Gasteiger partial charge in [-0.15, -0.1) is 0 Å². The van der Waals surface area contributed by atoms with Crippen LogP contribution in [0.4, 0.5) is 0 Å². The lowest BCUT2D eigenvalue weighted by Crippen LogP contribution is -1.85. The molecule has 0 saturated carbocycles. The van der Waals surface area contributed by atoms with E-state index in [9.17, 15) is 0 Å². The molecule has 3 nitrogen and oxygen atoms in total. The van der Waals surface area contributed by atoms with Crippen molar-refractivity contribution in [2.45, 2.75) is 11.8 Å². The second-order valence-corrected chi connectivity index (χ2v) is 4.24. The van der Waals surface area contributed by atoms with Crippen LogP contribution in [0.15, 0.2) is 29.0 Å². The molecule has 82 valence electrons. The summed E-state index contributed by atoms with van der Waals surface area (Å²) in [6.45, 7) is 0.778. The fourth-order valence-corrected chi connectivity index (χ4v) is 2.33. The Labute approximate surface area is 102 Å². The number of rotatable bonds is 2. The van der Waals surface area contributed by atoms with Crippen LogP contribution in [0.2, 0.25) is 0 Å². The van der Waals surface area contributed by atoms with E-state index in [0.717, 1.165) is 35.8 Å². The second kappa shape index (κ2) is 3.94. The molecule has 0 radical (unpaired) electrons. The number of oxazole rings is 1. The van der Waals surface area contributed by atoms with Gasteiger partial charge in [-0.25, -0.2) is 4.98 Å². The van der Waals surface area contributed by atoms with Gasteiger partial charge in [-0.05, 0) is 23.8 Å². The van der Waals surface area contributed by atoms with Crippen LogP contribution in [0.1, 0.15) is 11.3 Å². The Balaban J connectivity index is 2.07. The first-order chi connectivity index (χ1) is 7.88. The zero-order valence-electron chi connectivity index (χ0n) is 8.57. The molecule has 0 fully saturated rings. The van der Waals surface area contributed by atoms with E-state index in [2.05, 4.69) is 27.0 Å². The van der Waals surface area contributed by atoms with Crippen LogP contribution in [-0.2, 0) is 11.8 Å². The summed E-state index contributed by atoms with van der Waals surface area (Å²) in [6, 6.07) is 6.13. The highest BCUT2D eigenvalue weighted by atomic mass is 79.9. The van der Waals surface area contributed by atoms with Crippen LogP contribution < -0.4 is 4.74 Å². The van der Waals surface area contributed by atoms with Gasteiger partial charge < -0.3 is 9.15 Å². The number of fused-ring (bicyclic) bond motifs is 1. The first-order valence-corrected chi connectivity index (χ1v) is 6.25. The molecule has 0 unspecified atom stereocenters. The number of alkyl halides is 1. The first kappa shape index (κ1) is 9.90. The summed E-state index contributed by atoms with van der Waals surface area (Å²) >= 11 is 3.40. The van der Waals surface area contributed by atoms with Crippen LogP contribution in [0.25, 0.3) is 11.3 Å². The lowest BCUT2D eigenvalue weighted by molar-refractivity contribution is 0.357. The molecule has 0 atom stereocenters. The van der Waals surface area contributed by atoms with Gasteiger partial charge in [-0.1, -0.05) is 15.9 Å². The van der Waals surface area contributed by atoms with Crippen molar-refractivity contribution in [2.24, 2.45) is 0 Å². The van der Waals surface area contributed by atoms with Crippen LogP contribution in [0.5, 0.6) is 5.75 Å². The van der Waals surface area contributed by atoms with Gasteiger partial charge in [0.05, 0.1) is 12.3 Å². The van der Waals surface area contributed by atoms with E-state index < -0.39 is 0 Å². The van der Waals surface area contributed by atoms with Crippen molar-refractivity contribution < 1.29 is 9.15 Å². The predicted octanol–water partition coefficient (Wildman–Crippen LogP) is 3.17. The average Bonchev–Trinajstić information content (AvgIpc) is 2.96. The van der Waals surface area contributed by atoms with Gasteiger partial charge in [0.15, 0.2) is 12.2 Å². The molecular weight excluding hydrogens is 270 g/mol.